The normalized spacial score (nSPS) is 10.9. The van der Waals surface area contributed by atoms with Gasteiger partial charge in [-0.3, -0.25) is 9.36 Å². The first-order valence-corrected chi connectivity index (χ1v) is 5.42. The maximum Gasteiger partial charge on any atom is 0.0637 e. The van der Waals surface area contributed by atoms with Crippen molar-refractivity contribution < 1.29 is 0 Å². The number of aromatic nitrogens is 4. The second kappa shape index (κ2) is 4.94. The minimum atomic E-state index is 0.851. The van der Waals surface area contributed by atoms with Gasteiger partial charge in [0.1, 0.15) is 0 Å². The highest BCUT2D eigenvalue weighted by Crippen LogP contribution is 1.97. The summed E-state index contributed by atoms with van der Waals surface area (Å²) < 4.78 is 3.71. The highest BCUT2D eigenvalue weighted by atomic mass is 15.3. The smallest absolute Gasteiger partial charge is 0.0637 e. The van der Waals surface area contributed by atoms with Crippen molar-refractivity contribution in [3.05, 3.63) is 35.9 Å². The van der Waals surface area contributed by atoms with Crippen LogP contribution in [-0.4, -0.2) is 26.1 Å². The van der Waals surface area contributed by atoms with E-state index in [9.17, 15) is 0 Å². The van der Waals surface area contributed by atoms with E-state index in [-0.39, 0.29) is 0 Å². The van der Waals surface area contributed by atoms with E-state index in [1.54, 1.807) is 0 Å². The lowest BCUT2D eigenvalue weighted by Crippen LogP contribution is -2.18. The second-order valence-electron chi connectivity index (χ2n) is 3.85. The van der Waals surface area contributed by atoms with Gasteiger partial charge >= 0.3 is 0 Å². The van der Waals surface area contributed by atoms with Crippen molar-refractivity contribution in [3.63, 3.8) is 0 Å². The van der Waals surface area contributed by atoms with Gasteiger partial charge in [0.05, 0.1) is 11.4 Å². The van der Waals surface area contributed by atoms with Crippen LogP contribution in [0.15, 0.2) is 24.5 Å². The Labute approximate surface area is 95.1 Å². The minimum absolute atomic E-state index is 0.851. The molecule has 0 aromatic carbocycles. The Morgan fingerprint density at radius 3 is 2.81 bits per heavy atom. The van der Waals surface area contributed by atoms with Gasteiger partial charge in [-0.25, -0.2) is 0 Å². The summed E-state index contributed by atoms with van der Waals surface area (Å²) in [4.78, 5) is 0. The van der Waals surface area contributed by atoms with Crippen molar-refractivity contribution in [1.29, 1.82) is 0 Å². The summed E-state index contributed by atoms with van der Waals surface area (Å²) in [5.41, 5.74) is 2.32. The zero-order chi connectivity index (χ0) is 11.4. The molecule has 0 radical (unpaired) electrons. The predicted molar refractivity (Wildman–Crippen MR) is 61.8 cm³/mol. The molecule has 1 N–H and O–H groups in total. The molecule has 0 amide bonds. The summed E-state index contributed by atoms with van der Waals surface area (Å²) in [6.45, 7) is 1.78. The fourth-order valence-corrected chi connectivity index (χ4v) is 1.60. The number of rotatable bonds is 5. The highest BCUT2D eigenvalue weighted by molar-refractivity contribution is 5.01. The zero-order valence-electron chi connectivity index (χ0n) is 9.72. The molecule has 86 valence electrons. The molecule has 2 rings (SSSR count). The number of nitrogens with zero attached hydrogens (tertiary/aromatic N) is 4. The van der Waals surface area contributed by atoms with Crippen LogP contribution in [0.2, 0.25) is 0 Å². The number of hydrogen-bond donors (Lipinski definition) is 1. The van der Waals surface area contributed by atoms with Crippen LogP contribution in [0.3, 0.4) is 0 Å². The van der Waals surface area contributed by atoms with Crippen molar-refractivity contribution in [2.45, 2.75) is 13.0 Å². The third kappa shape index (κ3) is 2.70. The molecule has 0 aliphatic carbocycles. The molecule has 0 bridgehead atoms. The van der Waals surface area contributed by atoms with Crippen LogP contribution in [0.5, 0.6) is 0 Å². The summed E-state index contributed by atoms with van der Waals surface area (Å²) >= 11 is 0. The van der Waals surface area contributed by atoms with E-state index in [1.807, 2.05) is 48.0 Å². The molecular formula is C11H17N5. The lowest BCUT2D eigenvalue weighted by Gasteiger charge is -2.03. The lowest BCUT2D eigenvalue weighted by molar-refractivity contribution is 0.618. The van der Waals surface area contributed by atoms with Gasteiger partial charge in [-0.2, -0.15) is 10.2 Å². The average Bonchev–Trinajstić information content (AvgIpc) is 2.83. The first-order valence-electron chi connectivity index (χ1n) is 5.42. The molecule has 2 heterocycles. The molecule has 0 spiro atoms. The molecule has 0 saturated heterocycles. The summed E-state index contributed by atoms with van der Waals surface area (Å²) in [6, 6.07) is 4.07. The maximum atomic E-state index is 4.32. The third-order valence-corrected chi connectivity index (χ3v) is 2.56. The summed E-state index contributed by atoms with van der Waals surface area (Å²) in [5.74, 6) is 0. The standard InChI is InChI=1S/C11H17N5/c1-15-8-5-10(14-15)3-6-12-9-11-4-7-13-16(11)2/h4-5,7-8,12H,3,6,9H2,1-2H3. The van der Waals surface area contributed by atoms with Crippen LogP contribution in [0.4, 0.5) is 0 Å². The Morgan fingerprint density at radius 1 is 1.31 bits per heavy atom. The quantitative estimate of drug-likeness (QED) is 0.744. The van der Waals surface area contributed by atoms with E-state index in [2.05, 4.69) is 15.5 Å². The molecule has 0 fully saturated rings. The van der Waals surface area contributed by atoms with Gasteiger partial charge in [0.2, 0.25) is 0 Å². The highest BCUT2D eigenvalue weighted by Gasteiger charge is 1.99. The number of aryl methyl sites for hydroxylation is 2. The van der Waals surface area contributed by atoms with Gasteiger partial charge in [0.15, 0.2) is 0 Å². The second-order valence-corrected chi connectivity index (χ2v) is 3.85. The van der Waals surface area contributed by atoms with Crippen LogP contribution in [0, 0.1) is 0 Å². The largest absolute Gasteiger partial charge is 0.311 e. The van der Waals surface area contributed by atoms with E-state index in [4.69, 9.17) is 0 Å². The molecule has 0 aliphatic heterocycles. The van der Waals surface area contributed by atoms with Gasteiger partial charge < -0.3 is 5.32 Å². The fourth-order valence-electron chi connectivity index (χ4n) is 1.60. The number of hydrogen-bond acceptors (Lipinski definition) is 3. The summed E-state index contributed by atoms with van der Waals surface area (Å²) in [6.07, 6.45) is 4.74. The topological polar surface area (TPSA) is 47.7 Å². The van der Waals surface area contributed by atoms with E-state index >= 15 is 0 Å². The number of nitrogens with one attached hydrogen (secondary N) is 1. The predicted octanol–water partition coefficient (Wildman–Crippen LogP) is 0.486. The van der Waals surface area contributed by atoms with E-state index in [0.29, 0.717) is 0 Å². The fraction of sp³-hybridized carbons (Fsp3) is 0.455. The third-order valence-electron chi connectivity index (χ3n) is 2.56. The average molecular weight is 219 g/mol. The molecule has 16 heavy (non-hydrogen) atoms. The summed E-state index contributed by atoms with van der Waals surface area (Å²) in [5, 5.41) is 11.8. The molecule has 0 saturated carbocycles. The lowest BCUT2D eigenvalue weighted by atomic mass is 10.3. The molecule has 0 unspecified atom stereocenters. The van der Waals surface area contributed by atoms with Crippen LogP contribution in [0.25, 0.3) is 0 Å². The zero-order valence-corrected chi connectivity index (χ0v) is 9.72. The van der Waals surface area contributed by atoms with Crippen molar-refractivity contribution in [3.8, 4) is 0 Å². The van der Waals surface area contributed by atoms with Crippen LogP contribution in [0.1, 0.15) is 11.4 Å². The first kappa shape index (κ1) is 10.9. The van der Waals surface area contributed by atoms with E-state index < -0.39 is 0 Å². The van der Waals surface area contributed by atoms with Crippen molar-refractivity contribution >= 4 is 0 Å². The van der Waals surface area contributed by atoms with E-state index in [0.717, 1.165) is 25.2 Å². The molecule has 0 atom stereocenters. The first-order chi connectivity index (χ1) is 7.75. The van der Waals surface area contributed by atoms with Crippen LogP contribution >= 0.6 is 0 Å². The monoisotopic (exact) mass is 219 g/mol. The van der Waals surface area contributed by atoms with Crippen molar-refractivity contribution in [2.24, 2.45) is 14.1 Å². The Bertz CT molecular complexity index is 443. The Kier molecular flexibility index (Phi) is 3.36. The van der Waals surface area contributed by atoms with Gasteiger partial charge in [-0.1, -0.05) is 0 Å². The molecular weight excluding hydrogens is 202 g/mol. The molecule has 2 aromatic rings. The molecule has 5 nitrogen and oxygen atoms in total. The Balaban J connectivity index is 1.71. The van der Waals surface area contributed by atoms with Crippen LogP contribution in [-0.2, 0) is 27.1 Å². The maximum absolute atomic E-state index is 4.32. The van der Waals surface area contributed by atoms with Gasteiger partial charge in [0.25, 0.3) is 0 Å². The van der Waals surface area contributed by atoms with Gasteiger partial charge in [-0.15, -0.1) is 0 Å². The molecule has 5 heteroatoms. The molecule has 2 aromatic heterocycles. The van der Waals surface area contributed by atoms with Crippen LogP contribution < -0.4 is 5.32 Å². The van der Waals surface area contributed by atoms with Crippen molar-refractivity contribution in [1.82, 2.24) is 24.9 Å². The minimum Gasteiger partial charge on any atom is -0.311 e. The summed E-state index contributed by atoms with van der Waals surface area (Å²) in [7, 11) is 3.89. The van der Waals surface area contributed by atoms with Gasteiger partial charge in [0, 0.05) is 46.0 Å². The Morgan fingerprint density at radius 2 is 2.19 bits per heavy atom. The SMILES string of the molecule is Cn1ccc(CCNCc2ccnn2C)n1. The van der Waals surface area contributed by atoms with E-state index in [1.165, 1.54) is 5.69 Å². The van der Waals surface area contributed by atoms with Crippen molar-refractivity contribution in [2.75, 3.05) is 6.54 Å². The Hall–Kier alpha value is -1.62. The van der Waals surface area contributed by atoms with Gasteiger partial charge in [-0.05, 0) is 12.1 Å². The molecule has 0 aliphatic rings.